The van der Waals surface area contributed by atoms with Crippen LogP contribution in [0.25, 0.3) is 0 Å². The summed E-state index contributed by atoms with van der Waals surface area (Å²) in [5.41, 5.74) is 0.974. The summed E-state index contributed by atoms with van der Waals surface area (Å²) in [6, 6.07) is 3.82. The van der Waals surface area contributed by atoms with Gasteiger partial charge in [-0.3, -0.25) is 4.79 Å². The van der Waals surface area contributed by atoms with Crippen LogP contribution in [0.1, 0.15) is 13.8 Å². The molecule has 1 rings (SSSR count). The second-order valence-corrected chi connectivity index (χ2v) is 3.74. The molecule has 0 bridgehead atoms. The van der Waals surface area contributed by atoms with Gasteiger partial charge in [-0.05, 0) is 19.9 Å². The van der Waals surface area contributed by atoms with Crippen LogP contribution in [-0.2, 0) is 4.79 Å². The average molecular weight is 236 g/mol. The van der Waals surface area contributed by atoms with Gasteiger partial charge in [0.2, 0.25) is 5.91 Å². The molecule has 5 nitrogen and oxygen atoms in total. The highest BCUT2D eigenvalue weighted by atomic mass is 16.1. The second-order valence-electron chi connectivity index (χ2n) is 3.74. The van der Waals surface area contributed by atoms with E-state index < -0.39 is 0 Å². The van der Waals surface area contributed by atoms with Crippen LogP contribution in [0.2, 0.25) is 0 Å². The number of carbonyl (C=O) groups is 1. The largest absolute Gasteiger partial charge is 0.370 e. The van der Waals surface area contributed by atoms with E-state index in [1.807, 2.05) is 37.9 Å². The van der Waals surface area contributed by atoms with Crippen molar-refractivity contribution >= 4 is 17.4 Å². The molecule has 0 radical (unpaired) electrons. The van der Waals surface area contributed by atoms with E-state index in [0.717, 1.165) is 18.1 Å². The number of hydrogen-bond donors (Lipinski definition) is 2. The molecule has 0 spiro atoms. The van der Waals surface area contributed by atoms with Crippen LogP contribution in [0.5, 0.6) is 0 Å². The summed E-state index contributed by atoms with van der Waals surface area (Å²) in [5.74, 6) is 0.851. The van der Waals surface area contributed by atoms with Gasteiger partial charge in [0.05, 0.1) is 6.54 Å². The lowest BCUT2D eigenvalue weighted by Gasteiger charge is -2.19. The zero-order valence-corrected chi connectivity index (χ0v) is 10.7. The van der Waals surface area contributed by atoms with Gasteiger partial charge in [-0.15, -0.1) is 0 Å². The minimum atomic E-state index is 0.0248. The molecule has 1 amide bonds. The smallest absolute Gasteiger partial charge is 0.239 e. The molecule has 1 aromatic rings. The van der Waals surface area contributed by atoms with E-state index in [1.165, 1.54) is 0 Å². The van der Waals surface area contributed by atoms with E-state index in [4.69, 9.17) is 0 Å². The maximum atomic E-state index is 11.5. The van der Waals surface area contributed by atoms with Gasteiger partial charge in [0.1, 0.15) is 5.82 Å². The van der Waals surface area contributed by atoms with Crippen LogP contribution in [0.4, 0.5) is 11.5 Å². The molecule has 1 aromatic heterocycles. The lowest BCUT2D eigenvalue weighted by Crippen LogP contribution is -2.34. The van der Waals surface area contributed by atoms with Crippen molar-refractivity contribution in [2.45, 2.75) is 13.8 Å². The third-order valence-corrected chi connectivity index (χ3v) is 2.30. The van der Waals surface area contributed by atoms with Crippen molar-refractivity contribution < 1.29 is 4.79 Å². The fourth-order valence-electron chi connectivity index (χ4n) is 1.49. The molecule has 0 unspecified atom stereocenters. The van der Waals surface area contributed by atoms with Crippen LogP contribution >= 0.6 is 0 Å². The molecule has 0 aromatic carbocycles. The number of nitrogens with zero attached hydrogens (tertiary/aromatic N) is 2. The standard InChI is InChI=1S/C12H20N4O/c1-4-13-11-8-10(6-7-15-11)16(3)9-12(17)14-5-2/h6-8H,4-5,9H2,1-3H3,(H,13,15)(H,14,17). The number of anilines is 2. The molecule has 0 aliphatic rings. The zero-order valence-electron chi connectivity index (χ0n) is 10.7. The first-order valence-corrected chi connectivity index (χ1v) is 5.85. The number of rotatable bonds is 6. The lowest BCUT2D eigenvalue weighted by molar-refractivity contribution is -0.119. The Hall–Kier alpha value is -1.78. The Bertz CT molecular complexity index is 367. The van der Waals surface area contributed by atoms with E-state index in [0.29, 0.717) is 13.1 Å². The van der Waals surface area contributed by atoms with E-state index in [-0.39, 0.29) is 5.91 Å². The molecular formula is C12H20N4O. The van der Waals surface area contributed by atoms with Crippen LogP contribution in [-0.4, -0.2) is 37.6 Å². The Balaban J connectivity index is 2.64. The average Bonchev–Trinajstić information content (AvgIpc) is 2.30. The van der Waals surface area contributed by atoms with Gasteiger partial charge in [0.25, 0.3) is 0 Å². The highest BCUT2D eigenvalue weighted by Crippen LogP contribution is 2.15. The maximum Gasteiger partial charge on any atom is 0.239 e. The second kappa shape index (κ2) is 6.73. The third-order valence-electron chi connectivity index (χ3n) is 2.30. The van der Waals surface area contributed by atoms with Crippen LogP contribution in [0, 0.1) is 0 Å². The quantitative estimate of drug-likeness (QED) is 0.776. The SMILES string of the molecule is CCNC(=O)CN(C)c1ccnc(NCC)c1. The Labute approximate surface area is 102 Å². The topological polar surface area (TPSA) is 57.3 Å². The van der Waals surface area contributed by atoms with Crippen LogP contribution in [0.3, 0.4) is 0 Å². The number of hydrogen-bond acceptors (Lipinski definition) is 4. The molecule has 1 heterocycles. The predicted molar refractivity (Wildman–Crippen MR) is 70.4 cm³/mol. The maximum absolute atomic E-state index is 11.5. The molecule has 0 atom stereocenters. The first-order chi connectivity index (χ1) is 8.17. The van der Waals surface area contributed by atoms with Crippen LogP contribution in [0.15, 0.2) is 18.3 Å². The Morgan fingerprint density at radius 2 is 2.18 bits per heavy atom. The first-order valence-electron chi connectivity index (χ1n) is 5.85. The number of nitrogens with one attached hydrogen (secondary N) is 2. The van der Waals surface area contributed by atoms with E-state index >= 15 is 0 Å². The minimum Gasteiger partial charge on any atom is -0.370 e. The van der Waals surface area contributed by atoms with Crippen molar-refractivity contribution in [3.05, 3.63) is 18.3 Å². The summed E-state index contributed by atoms with van der Waals surface area (Å²) in [5, 5.41) is 5.92. The molecule has 0 saturated heterocycles. The zero-order chi connectivity index (χ0) is 12.7. The summed E-state index contributed by atoms with van der Waals surface area (Å²) in [4.78, 5) is 17.5. The monoisotopic (exact) mass is 236 g/mol. The van der Waals surface area contributed by atoms with Gasteiger partial charge in [-0.1, -0.05) is 0 Å². The normalized spacial score (nSPS) is 9.82. The van der Waals surface area contributed by atoms with Gasteiger partial charge < -0.3 is 15.5 Å². The highest BCUT2D eigenvalue weighted by molar-refractivity contribution is 5.81. The van der Waals surface area contributed by atoms with Gasteiger partial charge >= 0.3 is 0 Å². The molecule has 5 heteroatoms. The number of pyridine rings is 1. The highest BCUT2D eigenvalue weighted by Gasteiger charge is 2.07. The van der Waals surface area contributed by atoms with Gasteiger partial charge in [-0.2, -0.15) is 0 Å². The molecule has 0 saturated carbocycles. The van der Waals surface area contributed by atoms with Crippen molar-refractivity contribution in [2.24, 2.45) is 0 Å². The molecule has 0 aliphatic heterocycles. The minimum absolute atomic E-state index is 0.0248. The summed E-state index contributed by atoms with van der Waals surface area (Å²) in [7, 11) is 1.89. The van der Waals surface area contributed by atoms with Crippen LogP contribution < -0.4 is 15.5 Å². The van der Waals surface area contributed by atoms with Crippen molar-refractivity contribution in [3.63, 3.8) is 0 Å². The molecule has 2 N–H and O–H groups in total. The Morgan fingerprint density at radius 1 is 1.41 bits per heavy atom. The van der Waals surface area contributed by atoms with Gasteiger partial charge in [0, 0.05) is 38.1 Å². The molecular weight excluding hydrogens is 216 g/mol. The van der Waals surface area contributed by atoms with Gasteiger partial charge in [0.15, 0.2) is 0 Å². The summed E-state index contributed by atoms with van der Waals surface area (Å²) in [6.45, 7) is 5.77. The molecule has 0 fully saturated rings. The predicted octanol–water partition coefficient (Wildman–Crippen LogP) is 1.09. The summed E-state index contributed by atoms with van der Waals surface area (Å²) in [6.07, 6.45) is 1.74. The fraction of sp³-hybridized carbons (Fsp3) is 0.500. The van der Waals surface area contributed by atoms with Gasteiger partial charge in [-0.25, -0.2) is 4.98 Å². The lowest BCUT2D eigenvalue weighted by atomic mass is 10.3. The summed E-state index contributed by atoms with van der Waals surface area (Å²) < 4.78 is 0. The van der Waals surface area contributed by atoms with E-state index in [1.54, 1.807) is 6.20 Å². The van der Waals surface area contributed by atoms with Crippen molar-refractivity contribution in [2.75, 3.05) is 36.9 Å². The molecule has 17 heavy (non-hydrogen) atoms. The number of aromatic nitrogens is 1. The first kappa shape index (κ1) is 13.3. The summed E-state index contributed by atoms with van der Waals surface area (Å²) >= 11 is 0. The molecule has 0 aliphatic carbocycles. The Kier molecular flexibility index (Phi) is 5.26. The molecule has 94 valence electrons. The number of carbonyl (C=O) groups excluding carboxylic acids is 1. The number of likely N-dealkylation sites (N-methyl/N-ethyl adjacent to an activating group) is 2. The van der Waals surface area contributed by atoms with E-state index in [9.17, 15) is 4.79 Å². The fourth-order valence-corrected chi connectivity index (χ4v) is 1.49. The van der Waals surface area contributed by atoms with Crippen molar-refractivity contribution in [1.29, 1.82) is 0 Å². The van der Waals surface area contributed by atoms with Crippen molar-refractivity contribution in [1.82, 2.24) is 10.3 Å². The number of amides is 1. The third kappa shape index (κ3) is 4.30. The van der Waals surface area contributed by atoms with E-state index in [2.05, 4.69) is 15.6 Å². The Morgan fingerprint density at radius 3 is 2.82 bits per heavy atom. The van der Waals surface area contributed by atoms with Crippen molar-refractivity contribution in [3.8, 4) is 0 Å².